The first-order chi connectivity index (χ1) is 12.4. The molecule has 0 N–H and O–H groups in total. The number of methoxy groups -OCH3 is 1. The molecule has 2 heterocycles. The zero-order valence-electron chi connectivity index (χ0n) is 18.1. The summed E-state index contributed by atoms with van der Waals surface area (Å²) >= 11 is 0. The predicted molar refractivity (Wildman–Crippen MR) is 110 cm³/mol. The minimum absolute atomic E-state index is 0.0128. The van der Waals surface area contributed by atoms with Gasteiger partial charge in [0.05, 0.1) is 12.7 Å². The summed E-state index contributed by atoms with van der Waals surface area (Å²) < 4.78 is 8.89. The van der Waals surface area contributed by atoms with Crippen LogP contribution in [0.3, 0.4) is 0 Å². The minimum Gasteiger partial charge on any atom is -0.496 e. The lowest BCUT2D eigenvalue weighted by Crippen LogP contribution is -2.35. The molecule has 0 saturated carbocycles. The van der Waals surface area contributed by atoms with Gasteiger partial charge in [0.25, 0.3) is 11.1 Å². The van der Waals surface area contributed by atoms with Gasteiger partial charge in [-0.05, 0) is 37.8 Å². The molecule has 0 aromatic carbocycles. The van der Waals surface area contributed by atoms with Crippen LogP contribution in [0.4, 0.5) is 0 Å². The average molecular weight is 373 g/mol. The molecule has 0 saturated heterocycles. The van der Waals surface area contributed by atoms with Crippen molar-refractivity contribution in [2.24, 2.45) is 14.1 Å². The number of hydrogen-bond acceptors (Lipinski definition) is 3. The van der Waals surface area contributed by atoms with Gasteiger partial charge in [-0.1, -0.05) is 27.7 Å². The Kier molecular flexibility index (Phi) is 5.74. The minimum atomic E-state index is -0.429. The molecule has 0 unspecified atom stereocenters. The van der Waals surface area contributed by atoms with Gasteiger partial charge in [0.1, 0.15) is 5.75 Å². The number of aromatic nitrogens is 2. The van der Waals surface area contributed by atoms with Crippen molar-refractivity contribution < 1.29 is 4.74 Å². The molecule has 0 bridgehead atoms. The van der Waals surface area contributed by atoms with Crippen LogP contribution in [0.15, 0.2) is 21.7 Å². The molecule has 0 amide bonds. The van der Waals surface area contributed by atoms with E-state index in [4.69, 9.17) is 4.74 Å². The van der Waals surface area contributed by atoms with E-state index >= 15 is 0 Å². The Balaban J connectivity index is 2.62. The maximum Gasteiger partial charge on any atom is 0.257 e. The van der Waals surface area contributed by atoms with E-state index in [9.17, 15) is 9.59 Å². The first-order valence-corrected chi connectivity index (χ1v) is 9.36. The standard InChI is InChI=1S/C22H32N2O3/c1-13(2)19-18(27-9)11-16(24(8)21(19)26)12-22(5,6)17-10-14(3)15(4)23(7)20(17)25/h10-11,13H,12H2,1-9H3. The third-order valence-electron chi connectivity index (χ3n) is 5.65. The number of nitrogens with zero attached hydrogens (tertiary/aromatic N) is 2. The first-order valence-electron chi connectivity index (χ1n) is 9.36. The molecule has 0 spiro atoms. The van der Waals surface area contributed by atoms with Gasteiger partial charge in [-0.3, -0.25) is 9.59 Å². The van der Waals surface area contributed by atoms with E-state index < -0.39 is 5.41 Å². The van der Waals surface area contributed by atoms with Crippen LogP contribution in [0.25, 0.3) is 0 Å². The van der Waals surface area contributed by atoms with Gasteiger partial charge < -0.3 is 13.9 Å². The normalized spacial score (nSPS) is 11.9. The molecule has 0 fully saturated rings. The lowest BCUT2D eigenvalue weighted by atomic mass is 9.80. The summed E-state index contributed by atoms with van der Waals surface area (Å²) in [5.74, 6) is 0.694. The van der Waals surface area contributed by atoms with Crippen LogP contribution < -0.4 is 15.9 Å². The van der Waals surface area contributed by atoms with Crippen molar-refractivity contribution in [3.63, 3.8) is 0 Å². The van der Waals surface area contributed by atoms with Crippen molar-refractivity contribution in [2.75, 3.05) is 7.11 Å². The van der Waals surface area contributed by atoms with Crippen LogP contribution in [0.2, 0.25) is 0 Å². The summed E-state index contributed by atoms with van der Waals surface area (Å²) in [5, 5.41) is 0. The van der Waals surface area contributed by atoms with Crippen LogP contribution in [0, 0.1) is 13.8 Å². The molecular formula is C22H32N2O3. The number of rotatable bonds is 5. The highest BCUT2D eigenvalue weighted by Crippen LogP contribution is 2.29. The third-order valence-corrected chi connectivity index (χ3v) is 5.65. The van der Waals surface area contributed by atoms with Gasteiger partial charge in [-0.2, -0.15) is 0 Å². The fourth-order valence-electron chi connectivity index (χ4n) is 3.63. The second-order valence-corrected chi connectivity index (χ2v) is 8.39. The van der Waals surface area contributed by atoms with Gasteiger partial charge in [0.15, 0.2) is 0 Å². The Bertz CT molecular complexity index is 979. The van der Waals surface area contributed by atoms with Crippen LogP contribution in [0.1, 0.15) is 61.7 Å². The van der Waals surface area contributed by atoms with E-state index in [2.05, 4.69) is 0 Å². The summed E-state index contributed by atoms with van der Waals surface area (Å²) in [6.07, 6.45) is 0.561. The maximum absolute atomic E-state index is 12.9. The molecule has 148 valence electrons. The topological polar surface area (TPSA) is 53.2 Å². The third kappa shape index (κ3) is 3.73. The Morgan fingerprint density at radius 1 is 1.04 bits per heavy atom. The fourth-order valence-corrected chi connectivity index (χ4v) is 3.63. The van der Waals surface area contributed by atoms with Gasteiger partial charge in [0.2, 0.25) is 0 Å². The number of hydrogen-bond donors (Lipinski definition) is 0. The van der Waals surface area contributed by atoms with Gasteiger partial charge in [0, 0.05) is 42.5 Å². The number of pyridine rings is 2. The Morgan fingerprint density at radius 3 is 2.15 bits per heavy atom. The summed E-state index contributed by atoms with van der Waals surface area (Å²) in [5.41, 5.74) is 3.89. The molecule has 2 rings (SSSR count). The monoisotopic (exact) mass is 372 g/mol. The SMILES string of the molecule is COc1cc(CC(C)(C)c2cc(C)c(C)n(C)c2=O)n(C)c(=O)c1C(C)C. The van der Waals surface area contributed by atoms with E-state index in [0.717, 1.165) is 22.5 Å². The highest BCUT2D eigenvalue weighted by Gasteiger charge is 2.28. The summed E-state index contributed by atoms with van der Waals surface area (Å²) in [6.45, 7) is 12.0. The molecule has 5 heteroatoms. The second kappa shape index (κ2) is 7.37. The number of ether oxygens (including phenoxy) is 1. The van der Waals surface area contributed by atoms with Crippen molar-refractivity contribution >= 4 is 0 Å². The molecule has 0 radical (unpaired) electrons. The first kappa shape index (κ1) is 21.0. The van der Waals surface area contributed by atoms with Crippen molar-refractivity contribution in [2.45, 2.75) is 59.3 Å². The molecule has 0 atom stereocenters. The van der Waals surface area contributed by atoms with Gasteiger partial charge in [-0.25, -0.2) is 0 Å². The Hall–Kier alpha value is -2.30. The fraction of sp³-hybridized carbons (Fsp3) is 0.545. The molecule has 0 aliphatic rings. The smallest absolute Gasteiger partial charge is 0.257 e. The van der Waals surface area contributed by atoms with E-state index in [-0.39, 0.29) is 17.0 Å². The largest absolute Gasteiger partial charge is 0.496 e. The maximum atomic E-state index is 12.9. The quantitative estimate of drug-likeness (QED) is 0.809. The zero-order chi connectivity index (χ0) is 20.7. The van der Waals surface area contributed by atoms with Crippen molar-refractivity contribution in [3.8, 4) is 5.75 Å². The lowest BCUT2D eigenvalue weighted by molar-refractivity contribution is 0.400. The Labute approximate surface area is 161 Å². The molecule has 2 aromatic rings. The van der Waals surface area contributed by atoms with E-state index in [1.54, 1.807) is 30.3 Å². The van der Waals surface area contributed by atoms with E-state index in [0.29, 0.717) is 17.7 Å². The van der Waals surface area contributed by atoms with Crippen molar-refractivity contribution in [1.82, 2.24) is 9.13 Å². The van der Waals surface area contributed by atoms with Crippen LogP contribution in [0.5, 0.6) is 5.75 Å². The van der Waals surface area contributed by atoms with Crippen LogP contribution in [-0.4, -0.2) is 16.2 Å². The van der Waals surface area contributed by atoms with Gasteiger partial charge in [-0.15, -0.1) is 0 Å². The summed E-state index contributed by atoms with van der Waals surface area (Å²) in [6, 6.07) is 3.92. The van der Waals surface area contributed by atoms with E-state index in [1.807, 2.05) is 53.7 Å². The highest BCUT2D eigenvalue weighted by molar-refractivity contribution is 5.38. The van der Waals surface area contributed by atoms with Crippen molar-refractivity contribution in [1.29, 1.82) is 0 Å². The highest BCUT2D eigenvalue weighted by atomic mass is 16.5. The lowest BCUT2D eigenvalue weighted by Gasteiger charge is -2.28. The molecular weight excluding hydrogens is 340 g/mol. The van der Waals surface area contributed by atoms with E-state index in [1.165, 1.54) is 0 Å². The summed E-state index contributed by atoms with van der Waals surface area (Å²) in [7, 11) is 5.19. The van der Waals surface area contributed by atoms with Crippen LogP contribution >= 0.6 is 0 Å². The zero-order valence-corrected chi connectivity index (χ0v) is 18.1. The molecule has 0 aliphatic carbocycles. The molecule has 27 heavy (non-hydrogen) atoms. The molecule has 2 aromatic heterocycles. The Morgan fingerprint density at radius 2 is 1.63 bits per heavy atom. The van der Waals surface area contributed by atoms with Gasteiger partial charge >= 0.3 is 0 Å². The average Bonchev–Trinajstić information content (AvgIpc) is 2.59. The predicted octanol–water partition coefficient (Wildman–Crippen LogP) is 3.35. The van der Waals surface area contributed by atoms with Crippen molar-refractivity contribution in [3.05, 3.63) is 60.9 Å². The molecule has 5 nitrogen and oxygen atoms in total. The second-order valence-electron chi connectivity index (χ2n) is 8.39. The number of aryl methyl sites for hydroxylation is 1. The van der Waals surface area contributed by atoms with Crippen LogP contribution in [-0.2, 0) is 25.9 Å². The summed E-state index contributed by atoms with van der Waals surface area (Å²) in [4.78, 5) is 25.7. The molecule has 0 aliphatic heterocycles.